The zero-order valence-corrected chi connectivity index (χ0v) is 20.2. The quantitative estimate of drug-likeness (QED) is 0.0984. The normalized spacial score (nSPS) is 17.8. The Bertz CT molecular complexity index is 860. The lowest BCUT2D eigenvalue weighted by atomic mass is 10.1. The van der Waals surface area contributed by atoms with E-state index in [2.05, 4.69) is 14.8 Å². The maximum absolute atomic E-state index is 13.8. The van der Waals surface area contributed by atoms with E-state index in [0.717, 1.165) is 0 Å². The molecule has 0 aliphatic carbocycles. The molecule has 3 atom stereocenters. The Balaban J connectivity index is 3.35. The van der Waals surface area contributed by atoms with Gasteiger partial charge in [0, 0.05) is 4.91 Å². The van der Waals surface area contributed by atoms with Gasteiger partial charge in [-0.15, -0.1) is 0 Å². The third kappa shape index (κ3) is 7.92. The van der Waals surface area contributed by atoms with Gasteiger partial charge in [0.25, 0.3) is 0 Å². The van der Waals surface area contributed by atoms with Gasteiger partial charge in [-0.2, -0.15) is 0 Å². The van der Waals surface area contributed by atoms with E-state index in [4.69, 9.17) is 9.96 Å². The number of ether oxygens (including phenoxy) is 1. The van der Waals surface area contributed by atoms with Crippen molar-refractivity contribution in [3.63, 3.8) is 0 Å². The monoisotopic (exact) mass is 505 g/mol. The highest BCUT2D eigenvalue weighted by Gasteiger charge is 2.76. The summed E-state index contributed by atoms with van der Waals surface area (Å²) in [4.78, 5) is 14.7. The van der Waals surface area contributed by atoms with Crippen molar-refractivity contribution in [3.8, 4) is 0 Å². The molecule has 0 amide bonds. The largest absolute Gasteiger partial charge is 0.460 e. The van der Waals surface area contributed by atoms with Gasteiger partial charge >= 0.3 is 16.2 Å². The van der Waals surface area contributed by atoms with Crippen LogP contribution in [0.3, 0.4) is 0 Å². The third-order valence-corrected chi connectivity index (χ3v) is 11.1. The molecule has 0 saturated carbocycles. The number of hydrogen-bond donors (Lipinski definition) is 1. The first-order valence-electron chi connectivity index (χ1n) is 9.50. The van der Waals surface area contributed by atoms with Crippen LogP contribution in [0.25, 0.3) is 10.4 Å². The first-order chi connectivity index (χ1) is 14.2. The van der Waals surface area contributed by atoms with Crippen molar-refractivity contribution < 1.29 is 38.5 Å². The Morgan fingerprint density at radius 1 is 1.19 bits per heavy atom. The van der Waals surface area contributed by atoms with Crippen molar-refractivity contribution in [2.24, 2.45) is 5.11 Å². The number of hydrogen-bond acceptors (Lipinski definition) is 5. The van der Waals surface area contributed by atoms with Crippen molar-refractivity contribution >= 4 is 24.5 Å². The average molecular weight is 506 g/mol. The van der Waals surface area contributed by atoms with Crippen molar-refractivity contribution in [1.82, 2.24) is 0 Å². The third-order valence-electron chi connectivity index (χ3n) is 5.20. The molecular weight excluding hydrogens is 477 g/mol. The highest BCUT2D eigenvalue weighted by Crippen LogP contribution is 3.00. The molecule has 1 aromatic rings. The Labute approximate surface area is 184 Å². The van der Waals surface area contributed by atoms with Gasteiger partial charge in [0.15, 0.2) is 8.32 Å². The molecule has 7 nitrogen and oxygen atoms in total. The highest BCUT2D eigenvalue weighted by molar-refractivity contribution is 8.46. The number of azide groups is 1. The summed E-state index contributed by atoms with van der Waals surface area (Å²) >= 11 is 0. The zero-order valence-electron chi connectivity index (χ0n) is 18.3. The Kier molecular flexibility index (Phi) is 7.77. The Morgan fingerprint density at radius 3 is 2.16 bits per heavy atom. The molecule has 14 heteroatoms. The molecule has 0 aliphatic heterocycles. The minimum Gasteiger partial charge on any atom is -0.460 e. The van der Waals surface area contributed by atoms with Crippen molar-refractivity contribution in [2.75, 3.05) is 6.54 Å². The van der Waals surface area contributed by atoms with Gasteiger partial charge in [-0.3, -0.25) is 4.79 Å². The highest BCUT2D eigenvalue weighted by atomic mass is 32.5. The fraction of sp³-hybridized carbons (Fsp3) is 0.611. The van der Waals surface area contributed by atoms with E-state index >= 15 is 0 Å². The molecule has 0 aliphatic rings. The van der Waals surface area contributed by atoms with E-state index in [1.54, 1.807) is 39.9 Å². The van der Waals surface area contributed by atoms with Crippen LogP contribution < -0.4 is 0 Å². The molecule has 2 unspecified atom stereocenters. The number of benzene rings is 1. The standard InChI is InChI=1S/C18H28F5N3O4SSi/c1-18(2,3)32(4,5)30-14(11-25-26-24)15(27)16(31(19,20,21,22)23)17(28)29-12-13-9-7-6-8-10-13/h6-10,14-16,27H,11-12H2,1-5H3/t14-,15?,16?/m0/s1. The van der Waals surface area contributed by atoms with Crippen LogP contribution in [-0.2, 0) is 20.6 Å². The minimum absolute atomic E-state index is 0.263. The van der Waals surface area contributed by atoms with Crippen LogP contribution in [0.1, 0.15) is 26.3 Å². The van der Waals surface area contributed by atoms with Crippen LogP contribution in [0.4, 0.5) is 19.4 Å². The van der Waals surface area contributed by atoms with Crippen molar-refractivity contribution in [3.05, 3.63) is 46.3 Å². The Morgan fingerprint density at radius 2 is 1.72 bits per heavy atom. The summed E-state index contributed by atoms with van der Waals surface area (Å²) in [6, 6.07) is 7.48. The number of carbonyl (C=O) groups excluding carboxylic acids is 1. The Hall–Kier alpha value is -1.86. The number of nitrogens with zero attached hydrogens (tertiary/aromatic N) is 3. The number of halogens is 5. The molecule has 0 saturated heterocycles. The van der Waals surface area contributed by atoms with Gasteiger partial charge < -0.3 is 14.3 Å². The second-order valence-electron chi connectivity index (χ2n) is 8.86. The molecule has 0 heterocycles. The number of rotatable bonds is 10. The number of carbonyl (C=O) groups is 1. The van der Waals surface area contributed by atoms with E-state index in [0.29, 0.717) is 0 Å². The van der Waals surface area contributed by atoms with Crippen LogP contribution in [0.15, 0.2) is 35.4 Å². The van der Waals surface area contributed by atoms with Gasteiger partial charge in [-0.25, -0.2) is 0 Å². The molecule has 0 radical (unpaired) electrons. The van der Waals surface area contributed by atoms with Gasteiger partial charge in [-0.05, 0) is 29.2 Å². The second-order valence-corrected chi connectivity index (χ2v) is 16.2. The number of aliphatic hydroxyl groups excluding tert-OH is 1. The molecule has 0 aromatic heterocycles. The average Bonchev–Trinajstić information content (AvgIpc) is 2.60. The molecule has 32 heavy (non-hydrogen) atoms. The van der Waals surface area contributed by atoms with Crippen LogP contribution in [-0.4, -0.2) is 43.4 Å². The van der Waals surface area contributed by atoms with Gasteiger partial charge in [0.2, 0.25) is 5.25 Å². The van der Waals surface area contributed by atoms with E-state index in [9.17, 15) is 29.3 Å². The van der Waals surface area contributed by atoms with Gasteiger partial charge in [0.05, 0.1) is 12.6 Å². The summed E-state index contributed by atoms with van der Waals surface area (Å²) in [7, 11) is -13.6. The van der Waals surface area contributed by atoms with E-state index in [1.807, 2.05) is 0 Å². The molecule has 1 N–H and O–H groups in total. The van der Waals surface area contributed by atoms with E-state index < -0.39 is 60.2 Å². The summed E-state index contributed by atoms with van der Waals surface area (Å²) in [6.45, 7) is 6.79. The summed E-state index contributed by atoms with van der Waals surface area (Å²) in [5, 5.41) is 8.74. The van der Waals surface area contributed by atoms with Crippen LogP contribution in [0.2, 0.25) is 18.1 Å². The lowest BCUT2D eigenvalue weighted by molar-refractivity contribution is -0.149. The fourth-order valence-electron chi connectivity index (χ4n) is 2.48. The van der Waals surface area contributed by atoms with Crippen molar-refractivity contribution in [1.29, 1.82) is 0 Å². The predicted octanol–water partition coefficient (Wildman–Crippen LogP) is 6.46. The summed E-state index contributed by atoms with van der Waals surface area (Å²) in [5.74, 6) is -2.34. The summed E-state index contributed by atoms with van der Waals surface area (Å²) in [6.07, 6.45) is -5.07. The molecule has 184 valence electrons. The molecular formula is C18H28F5N3O4SSi. The fourth-order valence-corrected chi connectivity index (χ4v) is 4.94. The molecule has 1 aromatic carbocycles. The smallest absolute Gasteiger partial charge is 0.331 e. The lowest BCUT2D eigenvalue weighted by Crippen LogP contribution is -2.55. The topological polar surface area (TPSA) is 105 Å². The van der Waals surface area contributed by atoms with Gasteiger partial charge in [0.1, 0.15) is 12.7 Å². The lowest BCUT2D eigenvalue weighted by Gasteiger charge is -2.49. The van der Waals surface area contributed by atoms with E-state index in [-0.39, 0.29) is 5.56 Å². The first kappa shape index (κ1) is 28.2. The number of aliphatic hydroxyl groups is 1. The predicted molar refractivity (Wildman–Crippen MR) is 115 cm³/mol. The van der Waals surface area contributed by atoms with Crippen LogP contribution in [0, 0.1) is 0 Å². The van der Waals surface area contributed by atoms with E-state index in [1.165, 1.54) is 24.3 Å². The minimum atomic E-state index is -10.6. The molecule has 1 rings (SSSR count). The molecule has 0 fully saturated rings. The van der Waals surface area contributed by atoms with Crippen LogP contribution in [0.5, 0.6) is 0 Å². The maximum Gasteiger partial charge on any atom is 0.331 e. The summed E-state index contributed by atoms with van der Waals surface area (Å²) in [5.41, 5.74) is 8.82. The van der Waals surface area contributed by atoms with Gasteiger partial charge in [-0.1, -0.05) is 75.6 Å². The van der Waals surface area contributed by atoms with Crippen molar-refractivity contribution in [2.45, 2.75) is 63.0 Å². The molecule has 0 bridgehead atoms. The maximum atomic E-state index is 13.8. The number of esters is 1. The zero-order chi connectivity index (χ0) is 25.1. The first-order valence-corrected chi connectivity index (χ1v) is 14.4. The summed E-state index contributed by atoms with van der Waals surface area (Å²) < 4.78 is 79.4. The molecule has 0 spiro atoms. The SMILES string of the molecule is CC(C)(C)[Si](C)(C)O[C@@H](CN=[N+]=[N-])C(O)C(C(=O)OCc1ccccc1)S(F)(F)(F)(F)F. The second kappa shape index (κ2) is 8.82. The van der Waals surface area contributed by atoms with Crippen LogP contribution >= 0.6 is 10.2 Å².